The van der Waals surface area contributed by atoms with E-state index in [1.807, 2.05) is 0 Å². The highest BCUT2D eigenvalue weighted by Gasteiger charge is 2.59. The number of esters is 3. The summed E-state index contributed by atoms with van der Waals surface area (Å²) in [5.74, 6) is -1.86. The summed E-state index contributed by atoms with van der Waals surface area (Å²) in [6.45, 7) is 1.18. The van der Waals surface area contributed by atoms with Gasteiger partial charge in [0.05, 0.1) is 16.7 Å². The molecule has 46 heavy (non-hydrogen) atoms. The van der Waals surface area contributed by atoms with Gasteiger partial charge in [-0.25, -0.2) is 19.2 Å². The van der Waals surface area contributed by atoms with Gasteiger partial charge in [-0.2, -0.15) is 0 Å². The van der Waals surface area contributed by atoms with Crippen LogP contribution in [0.2, 0.25) is 0 Å². The minimum Gasteiger partial charge on any atom is -0.461 e. The van der Waals surface area contributed by atoms with E-state index in [1.165, 1.54) is 12.1 Å². The first kappa shape index (κ1) is 30.3. The molecular formula is C36H28O10. The Hall–Kier alpha value is -5.74. The molecule has 1 fully saturated rings. The van der Waals surface area contributed by atoms with Crippen LogP contribution in [-0.4, -0.2) is 48.6 Å². The Bertz CT molecular complexity index is 1910. The lowest BCUT2D eigenvalue weighted by Gasteiger charge is -2.30. The molecule has 5 aromatic rings. The molecule has 1 saturated heterocycles. The van der Waals surface area contributed by atoms with Gasteiger partial charge in [-0.3, -0.25) is 0 Å². The maximum Gasteiger partial charge on any atom is 0.338 e. The van der Waals surface area contributed by atoms with Gasteiger partial charge in [0.2, 0.25) is 12.4 Å². The first-order valence-corrected chi connectivity index (χ1v) is 14.4. The average Bonchev–Trinajstić information content (AvgIpc) is 3.33. The number of hydrogen-bond acceptors (Lipinski definition) is 10. The van der Waals surface area contributed by atoms with Gasteiger partial charge in [0.25, 0.3) is 0 Å². The summed E-state index contributed by atoms with van der Waals surface area (Å²) in [7, 11) is 0. The van der Waals surface area contributed by atoms with E-state index in [0.717, 1.165) is 0 Å². The minimum atomic E-state index is -1.55. The van der Waals surface area contributed by atoms with E-state index in [1.54, 1.807) is 116 Å². The van der Waals surface area contributed by atoms with E-state index in [2.05, 4.69) is 0 Å². The molecule has 0 N–H and O–H groups in total. The Morgan fingerprint density at radius 3 is 1.85 bits per heavy atom. The highest BCUT2D eigenvalue weighted by atomic mass is 16.7. The van der Waals surface area contributed by atoms with E-state index in [9.17, 15) is 19.2 Å². The van der Waals surface area contributed by atoms with Crippen LogP contribution in [0.3, 0.4) is 0 Å². The molecule has 0 unspecified atom stereocenters. The summed E-state index contributed by atoms with van der Waals surface area (Å²) in [6.07, 6.45) is -3.99. The number of carbonyl (C=O) groups excluding carboxylic acids is 3. The molecule has 232 valence electrons. The van der Waals surface area contributed by atoms with Crippen LogP contribution in [0.25, 0.3) is 11.0 Å². The molecular weight excluding hydrogens is 592 g/mol. The van der Waals surface area contributed by atoms with Crippen LogP contribution in [0.1, 0.15) is 38.0 Å². The zero-order valence-electron chi connectivity index (χ0n) is 24.6. The van der Waals surface area contributed by atoms with E-state index in [-0.39, 0.29) is 29.1 Å². The fourth-order valence-corrected chi connectivity index (χ4v) is 5.04. The lowest BCUT2D eigenvalue weighted by molar-refractivity contribution is -0.156. The van der Waals surface area contributed by atoms with Gasteiger partial charge < -0.3 is 28.1 Å². The maximum absolute atomic E-state index is 13.4. The van der Waals surface area contributed by atoms with Gasteiger partial charge in [-0.15, -0.1) is 0 Å². The van der Waals surface area contributed by atoms with Crippen molar-refractivity contribution >= 4 is 28.9 Å². The molecule has 1 aliphatic heterocycles. The zero-order valence-corrected chi connectivity index (χ0v) is 24.6. The number of hydrogen-bond donors (Lipinski definition) is 0. The number of rotatable bonds is 9. The Morgan fingerprint density at radius 2 is 1.24 bits per heavy atom. The molecule has 0 amide bonds. The van der Waals surface area contributed by atoms with Crippen molar-refractivity contribution in [3.8, 4) is 5.75 Å². The Morgan fingerprint density at radius 1 is 0.696 bits per heavy atom. The molecule has 0 saturated carbocycles. The number of carbonyl (C=O) groups is 3. The number of benzene rings is 4. The van der Waals surface area contributed by atoms with Crippen LogP contribution < -0.4 is 10.4 Å². The molecule has 4 atom stereocenters. The Balaban J connectivity index is 1.36. The lowest BCUT2D eigenvalue weighted by atomic mass is 9.97. The largest absolute Gasteiger partial charge is 0.461 e. The predicted molar refractivity (Wildman–Crippen MR) is 164 cm³/mol. The van der Waals surface area contributed by atoms with Crippen molar-refractivity contribution in [3.05, 3.63) is 148 Å². The molecule has 1 aliphatic rings. The summed E-state index contributed by atoms with van der Waals surface area (Å²) in [6, 6.07) is 32.6. The molecule has 0 radical (unpaired) electrons. The summed E-state index contributed by atoms with van der Waals surface area (Å²) in [4.78, 5) is 51.5. The summed E-state index contributed by atoms with van der Waals surface area (Å²) in [5, 5.41) is 0.652. The number of fused-ring (bicyclic) bond motifs is 1. The monoisotopic (exact) mass is 620 g/mol. The van der Waals surface area contributed by atoms with Crippen LogP contribution in [0.5, 0.6) is 5.75 Å². The van der Waals surface area contributed by atoms with Crippen LogP contribution in [0.15, 0.2) is 131 Å². The van der Waals surface area contributed by atoms with Crippen molar-refractivity contribution in [2.45, 2.75) is 31.0 Å². The van der Waals surface area contributed by atoms with E-state index < -0.39 is 47.6 Å². The number of ether oxygens (including phenoxy) is 5. The van der Waals surface area contributed by atoms with Crippen LogP contribution in [0.4, 0.5) is 0 Å². The van der Waals surface area contributed by atoms with Gasteiger partial charge >= 0.3 is 23.5 Å². The predicted octanol–water partition coefficient (Wildman–Crippen LogP) is 5.60. The van der Waals surface area contributed by atoms with Crippen LogP contribution >= 0.6 is 0 Å². The molecule has 10 nitrogen and oxygen atoms in total. The van der Waals surface area contributed by atoms with Crippen molar-refractivity contribution in [2.75, 3.05) is 6.61 Å². The molecule has 0 spiro atoms. The second kappa shape index (κ2) is 13.1. The smallest absolute Gasteiger partial charge is 0.338 e. The van der Waals surface area contributed by atoms with Gasteiger partial charge in [0, 0.05) is 17.5 Å². The average molecular weight is 621 g/mol. The molecule has 0 bridgehead atoms. The van der Waals surface area contributed by atoms with Crippen molar-refractivity contribution in [1.82, 2.24) is 0 Å². The maximum atomic E-state index is 13.4. The minimum absolute atomic E-state index is 0.214. The van der Waals surface area contributed by atoms with Crippen LogP contribution in [0, 0.1) is 0 Å². The molecule has 1 aromatic heterocycles. The van der Waals surface area contributed by atoms with E-state index >= 15 is 0 Å². The van der Waals surface area contributed by atoms with Gasteiger partial charge in [0.15, 0.2) is 6.10 Å². The summed E-state index contributed by atoms with van der Waals surface area (Å²) in [5.41, 5.74) is -1.05. The van der Waals surface area contributed by atoms with Gasteiger partial charge in [-0.05, 0) is 61.5 Å². The topological polar surface area (TPSA) is 128 Å². The summed E-state index contributed by atoms with van der Waals surface area (Å²) >= 11 is 0. The van der Waals surface area contributed by atoms with Crippen molar-refractivity contribution in [2.24, 2.45) is 0 Å². The lowest BCUT2D eigenvalue weighted by Crippen LogP contribution is -2.49. The molecule has 0 aliphatic carbocycles. The van der Waals surface area contributed by atoms with Gasteiger partial charge in [-0.1, -0.05) is 54.6 Å². The third-order valence-electron chi connectivity index (χ3n) is 7.40. The quantitative estimate of drug-likeness (QED) is 0.117. The van der Waals surface area contributed by atoms with E-state index in [0.29, 0.717) is 10.9 Å². The first-order chi connectivity index (χ1) is 22.3. The molecule has 4 aromatic carbocycles. The first-order valence-electron chi connectivity index (χ1n) is 14.4. The standard InChI is InChI=1S/C36H28O10/c1-36(22-41-32(38)24-11-5-2-6-12-24)31(45-34(40)26-15-9-4-10-16-26)30(44-33(39)25-13-7-3-8-14-25)35(46-36)42-27-19-17-23-18-20-29(37)43-28(23)21-27/h2-21,30-31,35H,22H2,1H3/t30-,31+,35-,36-/m1/s1. The van der Waals surface area contributed by atoms with Crippen molar-refractivity contribution < 1.29 is 42.5 Å². The normalized spacial score (nSPS) is 20.5. The summed E-state index contributed by atoms with van der Waals surface area (Å²) < 4.78 is 35.4. The van der Waals surface area contributed by atoms with Crippen LogP contribution in [-0.2, 0) is 18.9 Å². The van der Waals surface area contributed by atoms with Gasteiger partial charge in [0.1, 0.15) is 23.5 Å². The highest BCUT2D eigenvalue weighted by molar-refractivity contribution is 5.91. The fourth-order valence-electron chi connectivity index (χ4n) is 5.04. The Labute approximate surface area is 263 Å². The second-order valence-electron chi connectivity index (χ2n) is 10.7. The second-order valence-corrected chi connectivity index (χ2v) is 10.7. The third kappa shape index (κ3) is 6.67. The van der Waals surface area contributed by atoms with E-state index in [4.69, 9.17) is 28.1 Å². The molecule has 10 heteroatoms. The SMILES string of the molecule is C[C@]1(COC(=O)c2ccccc2)O[C@@H](Oc2ccc3ccc(=O)oc3c2)[C@H](OC(=O)c2ccccc2)[C@@H]1OC(=O)c1ccccc1. The molecule has 6 rings (SSSR count). The molecule has 2 heterocycles. The third-order valence-corrected chi connectivity index (χ3v) is 7.40. The fraction of sp³-hybridized carbons (Fsp3) is 0.167. The Kier molecular flexibility index (Phi) is 8.62. The van der Waals surface area contributed by atoms with Crippen molar-refractivity contribution in [3.63, 3.8) is 0 Å². The van der Waals surface area contributed by atoms with Crippen molar-refractivity contribution in [1.29, 1.82) is 0 Å². The highest BCUT2D eigenvalue weighted by Crippen LogP contribution is 2.38. The zero-order chi connectivity index (χ0) is 32.1.